The summed E-state index contributed by atoms with van der Waals surface area (Å²) < 4.78 is 26.6. The standard InChI is InChI=1S/C8H15N5O3S/c1-3-4-10-8(14)12-17(15,16)6-5-13(2)11-7(6)9/h5H,3-4H2,1-2H3,(H2,9,11)(H2,10,12,14). The van der Waals surface area contributed by atoms with Crippen molar-refractivity contribution < 1.29 is 13.2 Å². The van der Waals surface area contributed by atoms with Crippen molar-refractivity contribution in [1.29, 1.82) is 0 Å². The van der Waals surface area contributed by atoms with Crippen LogP contribution in [0.15, 0.2) is 11.1 Å². The van der Waals surface area contributed by atoms with Gasteiger partial charge in [-0.3, -0.25) is 4.68 Å². The third-order valence-corrected chi connectivity index (χ3v) is 3.22. The lowest BCUT2D eigenvalue weighted by Gasteiger charge is -2.06. The average molecular weight is 261 g/mol. The fourth-order valence-electron chi connectivity index (χ4n) is 1.14. The van der Waals surface area contributed by atoms with E-state index in [2.05, 4.69) is 10.4 Å². The highest BCUT2D eigenvalue weighted by molar-refractivity contribution is 7.90. The van der Waals surface area contributed by atoms with Crippen LogP contribution in [0.1, 0.15) is 13.3 Å². The zero-order valence-electron chi connectivity index (χ0n) is 9.60. The second-order valence-corrected chi connectivity index (χ2v) is 5.06. The Bertz CT molecular complexity index is 507. The first-order valence-electron chi connectivity index (χ1n) is 4.96. The Morgan fingerprint density at radius 1 is 1.59 bits per heavy atom. The van der Waals surface area contributed by atoms with Crippen molar-refractivity contribution in [2.24, 2.45) is 7.05 Å². The summed E-state index contributed by atoms with van der Waals surface area (Å²) in [7, 11) is -2.44. The van der Waals surface area contributed by atoms with Crippen LogP contribution < -0.4 is 15.8 Å². The summed E-state index contributed by atoms with van der Waals surface area (Å²) >= 11 is 0. The van der Waals surface area contributed by atoms with Gasteiger partial charge in [0.05, 0.1) is 0 Å². The molecule has 8 nitrogen and oxygen atoms in total. The average Bonchev–Trinajstić information content (AvgIpc) is 2.55. The molecule has 17 heavy (non-hydrogen) atoms. The third-order valence-electron chi connectivity index (χ3n) is 1.87. The highest BCUT2D eigenvalue weighted by atomic mass is 32.2. The van der Waals surface area contributed by atoms with Gasteiger partial charge in [0.1, 0.15) is 4.90 Å². The van der Waals surface area contributed by atoms with Gasteiger partial charge < -0.3 is 11.1 Å². The first kappa shape index (κ1) is 13.3. The molecule has 0 fully saturated rings. The lowest BCUT2D eigenvalue weighted by atomic mass is 10.5. The minimum atomic E-state index is -3.97. The monoisotopic (exact) mass is 261 g/mol. The van der Waals surface area contributed by atoms with Crippen molar-refractivity contribution in [2.45, 2.75) is 18.2 Å². The van der Waals surface area contributed by atoms with Gasteiger partial charge in [-0.25, -0.2) is 17.9 Å². The predicted octanol–water partition coefficient (Wildman–Crippen LogP) is -0.600. The van der Waals surface area contributed by atoms with Crippen LogP contribution in [0.2, 0.25) is 0 Å². The van der Waals surface area contributed by atoms with Crippen LogP contribution in [0.25, 0.3) is 0 Å². The molecule has 0 unspecified atom stereocenters. The molecule has 0 saturated heterocycles. The number of nitrogen functional groups attached to an aromatic ring is 1. The van der Waals surface area contributed by atoms with Crippen molar-refractivity contribution in [3.8, 4) is 0 Å². The number of carbonyl (C=O) groups is 1. The number of nitrogens with zero attached hydrogens (tertiary/aromatic N) is 2. The van der Waals surface area contributed by atoms with Gasteiger partial charge in [-0.1, -0.05) is 6.92 Å². The second-order valence-electron chi connectivity index (χ2n) is 3.41. The second kappa shape index (κ2) is 5.04. The predicted molar refractivity (Wildman–Crippen MR) is 61.6 cm³/mol. The summed E-state index contributed by atoms with van der Waals surface area (Å²) in [4.78, 5) is 11.0. The summed E-state index contributed by atoms with van der Waals surface area (Å²) in [5.41, 5.74) is 5.42. The molecule has 0 aliphatic heterocycles. The minimum Gasteiger partial charge on any atom is -0.381 e. The molecule has 1 aromatic heterocycles. The lowest BCUT2D eigenvalue weighted by Crippen LogP contribution is -2.39. The molecule has 4 N–H and O–H groups in total. The van der Waals surface area contributed by atoms with Crippen LogP contribution in [-0.2, 0) is 17.1 Å². The van der Waals surface area contributed by atoms with E-state index in [1.807, 2.05) is 11.6 Å². The summed E-state index contributed by atoms with van der Waals surface area (Å²) in [5.74, 6) is -0.150. The highest BCUT2D eigenvalue weighted by Crippen LogP contribution is 2.14. The molecule has 0 aliphatic carbocycles. The van der Waals surface area contributed by atoms with Crippen molar-refractivity contribution in [2.75, 3.05) is 12.3 Å². The summed E-state index contributed by atoms with van der Waals surface area (Å²) in [6.07, 6.45) is 1.94. The van der Waals surface area contributed by atoms with E-state index in [4.69, 9.17) is 5.73 Å². The number of urea groups is 1. The maximum Gasteiger partial charge on any atom is 0.328 e. The number of carbonyl (C=O) groups excluding carboxylic acids is 1. The van der Waals surface area contributed by atoms with E-state index in [0.717, 1.165) is 0 Å². The van der Waals surface area contributed by atoms with E-state index >= 15 is 0 Å². The van der Waals surface area contributed by atoms with Gasteiger partial charge in [-0.05, 0) is 6.42 Å². The van der Waals surface area contributed by atoms with Crippen LogP contribution in [-0.4, -0.2) is 30.8 Å². The van der Waals surface area contributed by atoms with Crippen LogP contribution in [0.5, 0.6) is 0 Å². The molecule has 0 spiro atoms. The smallest absolute Gasteiger partial charge is 0.328 e. The molecule has 1 aromatic rings. The van der Waals surface area contributed by atoms with Gasteiger partial charge in [0, 0.05) is 19.8 Å². The van der Waals surface area contributed by atoms with Gasteiger partial charge in [0.2, 0.25) is 0 Å². The Balaban J connectivity index is 2.82. The largest absolute Gasteiger partial charge is 0.381 e. The molecule has 0 atom stereocenters. The van der Waals surface area contributed by atoms with E-state index in [1.165, 1.54) is 17.9 Å². The van der Waals surface area contributed by atoms with Crippen LogP contribution >= 0.6 is 0 Å². The van der Waals surface area contributed by atoms with Gasteiger partial charge in [-0.2, -0.15) is 5.10 Å². The van der Waals surface area contributed by atoms with E-state index in [-0.39, 0.29) is 10.7 Å². The third kappa shape index (κ3) is 3.34. The highest BCUT2D eigenvalue weighted by Gasteiger charge is 2.22. The molecule has 0 aromatic carbocycles. The number of aryl methyl sites for hydroxylation is 1. The molecule has 0 radical (unpaired) electrons. The number of hydrogen-bond acceptors (Lipinski definition) is 5. The number of sulfonamides is 1. The zero-order valence-corrected chi connectivity index (χ0v) is 10.4. The van der Waals surface area contributed by atoms with E-state index in [1.54, 1.807) is 0 Å². The summed E-state index contributed by atoms with van der Waals surface area (Å²) in [6, 6.07) is -0.782. The number of aromatic nitrogens is 2. The summed E-state index contributed by atoms with van der Waals surface area (Å²) in [5, 5.41) is 6.08. The molecule has 1 rings (SSSR count). The number of nitrogens with one attached hydrogen (secondary N) is 2. The number of anilines is 1. The molecule has 0 aliphatic rings. The number of hydrogen-bond donors (Lipinski definition) is 3. The van der Waals surface area contributed by atoms with Crippen molar-refractivity contribution in [3.63, 3.8) is 0 Å². The topological polar surface area (TPSA) is 119 Å². The van der Waals surface area contributed by atoms with E-state index < -0.39 is 16.1 Å². The molecule has 96 valence electrons. The van der Waals surface area contributed by atoms with Crippen molar-refractivity contribution in [1.82, 2.24) is 19.8 Å². The summed E-state index contributed by atoms with van der Waals surface area (Å²) in [6.45, 7) is 2.25. The molecular formula is C8H15N5O3S. The molecule has 0 saturated carbocycles. The Labute approximate surface area is 99.2 Å². The maximum absolute atomic E-state index is 11.7. The molecule has 2 amide bonds. The Kier molecular flexibility index (Phi) is 3.94. The SMILES string of the molecule is CCCNC(=O)NS(=O)(=O)c1cn(C)nc1N. The first-order chi connectivity index (χ1) is 7.86. The quantitative estimate of drug-likeness (QED) is 0.668. The number of amides is 2. The lowest BCUT2D eigenvalue weighted by molar-refractivity contribution is 0.246. The first-order valence-corrected chi connectivity index (χ1v) is 6.45. The normalized spacial score (nSPS) is 11.2. The Morgan fingerprint density at radius 2 is 2.24 bits per heavy atom. The molecule has 9 heteroatoms. The van der Waals surface area contributed by atoms with Gasteiger partial charge >= 0.3 is 6.03 Å². The molecule has 0 bridgehead atoms. The minimum absolute atomic E-state index is 0.150. The molecule has 1 heterocycles. The Hall–Kier alpha value is -1.77. The van der Waals surface area contributed by atoms with Crippen molar-refractivity contribution in [3.05, 3.63) is 6.20 Å². The van der Waals surface area contributed by atoms with Crippen molar-refractivity contribution >= 4 is 21.9 Å². The Morgan fingerprint density at radius 3 is 2.71 bits per heavy atom. The number of nitrogens with two attached hydrogens (primary N) is 1. The van der Waals surface area contributed by atoms with Crippen LogP contribution in [0, 0.1) is 0 Å². The van der Waals surface area contributed by atoms with Gasteiger partial charge in [0.25, 0.3) is 10.0 Å². The fourth-order valence-corrected chi connectivity index (χ4v) is 2.18. The maximum atomic E-state index is 11.7. The van der Waals surface area contributed by atoms with Crippen LogP contribution in [0.3, 0.4) is 0 Å². The van der Waals surface area contributed by atoms with Crippen LogP contribution in [0.4, 0.5) is 10.6 Å². The fraction of sp³-hybridized carbons (Fsp3) is 0.500. The molecular weight excluding hydrogens is 246 g/mol. The van der Waals surface area contributed by atoms with E-state index in [0.29, 0.717) is 13.0 Å². The van der Waals surface area contributed by atoms with E-state index in [9.17, 15) is 13.2 Å². The number of rotatable bonds is 4. The van der Waals surface area contributed by atoms with Gasteiger partial charge in [0.15, 0.2) is 5.82 Å². The zero-order chi connectivity index (χ0) is 13.1. The van der Waals surface area contributed by atoms with Gasteiger partial charge in [-0.15, -0.1) is 0 Å².